The van der Waals surface area contributed by atoms with Crippen LogP contribution in [0.4, 0.5) is 17.3 Å². The van der Waals surface area contributed by atoms with Gasteiger partial charge in [-0.05, 0) is 13.0 Å². The van der Waals surface area contributed by atoms with Gasteiger partial charge in [0.2, 0.25) is 5.91 Å². The van der Waals surface area contributed by atoms with Gasteiger partial charge in [0.25, 0.3) is 5.56 Å². The van der Waals surface area contributed by atoms with Crippen LogP contribution in [0, 0.1) is 6.92 Å². The number of benzene rings is 1. The first-order valence-corrected chi connectivity index (χ1v) is 8.91. The van der Waals surface area contributed by atoms with Crippen molar-refractivity contribution in [3.8, 4) is 0 Å². The SMILES string of the molecule is Cc1[nH]nc2c1C1(C(=O)Nc3c(Cl)cccc31)c1c(n(C)c(=O)n(C)c1=O)N2. The number of hydrogen-bond acceptors (Lipinski definition) is 5. The predicted octanol–water partition coefficient (Wildman–Crippen LogP) is 1.11. The Kier molecular flexibility index (Phi) is 3.08. The molecule has 10 heteroatoms. The minimum absolute atomic E-state index is 0.160. The quantitative estimate of drug-likeness (QED) is 0.525. The van der Waals surface area contributed by atoms with Gasteiger partial charge in [0.05, 0.1) is 16.3 Å². The van der Waals surface area contributed by atoms with E-state index in [1.54, 1.807) is 25.1 Å². The van der Waals surface area contributed by atoms with Crippen molar-refractivity contribution in [2.45, 2.75) is 12.3 Å². The molecule has 2 aliphatic rings. The van der Waals surface area contributed by atoms with Gasteiger partial charge >= 0.3 is 5.69 Å². The van der Waals surface area contributed by atoms with Gasteiger partial charge in [0, 0.05) is 30.9 Å². The van der Waals surface area contributed by atoms with Gasteiger partial charge < -0.3 is 10.6 Å². The minimum Gasteiger partial charge on any atom is -0.324 e. The van der Waals surface area contributed by atoms with E-state index >= 15 is 0 Å². The second-order valence-corrected chi connectivity index (χ2v) is 7.40. The molecule has 142 valence electrons. The molecule has 0 saturated carbocycles. The Morgan fingerprint density at radius 2 is 1.82 bits per heavy atom. The summed E-state index contributed by atoms with van der Waals surface area (Å²) < 4.78 is 2.31. The zero-order valence-corrected chi connectivity index (χ0v) is 15.9. The van der Waals surface area contributed by atoms with Crippen molar-refractivity contribution in [2.24, 2.45) is 14.1 Å². The number of halogens is 1. The Bertz CT molecular complexity index is 1330. The molecule has 2 aromatic heterocycles. The van der Waals surface area contributed by atoms with Crippen LogP contribution in [0.25, 0.3) is 0 Å². The molecular weight excluding hydrogens is 384 g/mol. The highest BCUT2D eigenvalue weighted by Crippen LogP contribution is 2.55. The van der Waals surface area contributed by atoms with Crippen molar-refractivity contribution in [2.75, 3.05) is 10.6 Å². The van der Waals surface area contributed by atoms with Crippen molar-refractivity contribution >= 4 is 34.8 Å². The highest BCUT2D eigenvalue weighted by Gasteiger charge is 2.58. The van der Waals surface area contributed by atoms with E-state index < -0.39 is 22.6 Å². The molecule has 4 heterocycles. The number of aryl methyl sites for hydroxylation is 1. The lowest BCUT2D eigenvalue weighted by molar-refractivity contribution is -0.118. The molecule has 1 aromatic carbocycles. The number of nitrogens with one attached hydrogen (secondary N) is 3. The van der Waals surface area contributed by atoms with Crippen LogP contribution in [0.1, 0.15) is 22.4 Å². The molecule has 3 aromatic rings. The summed E-state index contributed by atoms with van der Waals surface area (Å²) in [5.41, 5.74) is -0.215. The number of amides is 1. The summed E-state index contributed by atoms with van der Waals surface area (Å²) in [5.74, 6) is 0.200. The Labute approximate surface area is 163 Å². The van der Waals surface area contributed by atoms with Crippen LogP contribution in [0.5, 0.6) is 0 Å². The molecule has 9 nitrogen and oxygen atoms in total. The summed E-state index contributed by atoms with van der Waals surface area (Å²) in [6.07, 6.45) is 0. The van der Waals surface area contributed by atoms with Crippen LogP contribution in [0.15, 0.2) is 27.8 Å². The Balaban J connectivity index is 2.07. The minimum atomic E-state index is -1.48. The monoisotopic (exact) mass is 398 g/mol. The highest BCUT2D eigenvalue weighted by atomic mass is 35.5. The molecule has 1 amide bonds. The highest BCUT2D eigenvalue weighted by molar-refractivity contribution is 6.35. The second kappa shape index (κ2) is 5.14. The maximum absolute atomic E-state index is 13.5. The van der Waals surface area contributed by atoms with E-state index in [9.17, 15) is 14.4 Å². The molecule has 1 atom stereocenters. The van der Waals surface area contributed by atoms with Gasteiger partial charge in [-0.2, -0.15) is 5.10 Å². The molecule has 1 unspecified atom stereocenters. The summed E-state index contributed by atoms with van der Waals surface area (Å²) in [5, 5.41) is 13.4. The summed E-state index contributed by atoms with van der Waals surface area (Å²) >= 11 is 6.34. The van der Waals surface area contributed by atoms with Gasteiger partial charge in [-0.15, -0.1) is 0 Å². The van der Waals surface area contributed by atoms with Crippen LogP contribution in [0.2, 0.25) is 5.02 Å². The largest absolute Gasteiger partial charge is 0.332 e. The van der Waals surface area contributed by atoms with Crippen LogP contribution in [-0.4, -0.2) is 25.2 Å². The number of H-pyrrole nitrogens is 1. The number of carbonyl (C=O) groups is 1. The molecule has 0 bridgehead atoms. The summed E-state index contributed by atoms with van der Waals surface area (Å²) in [6.45, 7) is 1.78. The fourth-order valence-corrected chi connectivity index (χ4v) is 4.56. The van der Waals surface area contributed by atoms with Crippen LogP contribution in [-0.2, 0) is 24.3 Å². The number of fused-ring (bicyclic) bond motifs is 6. The van der Waals surface area contributed by atoms with E-state index in [0.717, 1.165) is 4.57 Å². The molecular formula is C18H15ClN6O3. The lowest BCUT2D eigenvalue weighted by Gasteiger charge is -2.34. The smallest absolute Gasteiger partial charge is 0.324 e. The van der Waals surface area contributed by atoms with Gasteiger partial charge in [0.1, 0.15) is 11.2 Å². The molecule has 0 aliphatic carbocycles. The van der Waals surface area contributed by atoms with Crippen molar-refractivity contribution in [1.29, 1.82) is 0 Å². The zero-order valence-electron chi connectivity index (χ0n) is 15.2. The first-order chi connectivity index (χ1) is 13.3. The fourth-order valence-electron chi connectivity index (χ4n) is 4.33. The average molecular weight is 399 g/mol. The third-order valence-corrected chi connectivity index (χ3v) is 5.91. The van der Waals surface area contributed by atoms with Crippen LogP contribution in [0.3, 0.4) is 0 Å². The average Bonchev–Trinajstić information content (AvgIpc) is 3.18. The van der Waals surface area contributed by atoms with E-state index in [2.05, 4.69) is 20.8 Å². The lowest BCUT2D eigenvalue weighted by Crippen LogP contribution is -2.50. The molecule has 5 rings (SSSR count). The van der Waals surface area contributed by atoms with Gasteiger partial charge in [-0.25, -0.2) is 4.79 Å². The van der Waals surface area contributed by atoms with Gasteiger partial charge in [-0.3, -0.25) is 23.8 Å². The molecule has 1 spiro atoms. The van der Waals surface area contributed by atoms with E-state index in [4.69, 9.17) is 11.6 Å². The van der Waals surface area contributed by atoms with Gasteiger partial charge in [-0.1, -0.05) is 23.7 Å². The Hall–Kier alpha value is -3.33. The lowest BCUT2D eigenvalue weighted by atomic mass is 9.68. The van der Waals surface area contributed by atoms with Crippen molar-refractivity contribution in [3.63, 3.8) is 0 Å². The number of carbonyl (C=O) groups excluding carboxylic acids is 1. The van der Waals surface area contributed by atoms with E-state index in [1.165, 1.54) is 18.7 Å². The van der Waals surface area contributed by atoms with Crippen molar-refractivity contribution in [1.82, 2.24) is 19.3 Å². The zero-order chi connectivity index (χ0) is 20.0. The molecule has 2 aliphatic heterocycles. The molecule has 28 heavy (non-hydrogen) atoms. The standard InChI is InChI=1S/C18H15ClN6O3/c1-7-10-13(23-22-7)21-14-11(15(26)25(3)17(28)24(14)2)18(10)8-5-4-6-9(19)12(8)20-16(18)27/h4-6H,1-3H3,(H,20,27)(H2,21,22,23). The number of para-hydroxylation sites is 1. The number of aromatic nitrogens is 4. The maximum atomic E-state index is 13.5. The molecule has 0 radical (unpaired) electrons. The number of rotatable bonds is 0. The number of nitrogens with zero attached hydrogens (tertiary/aromatic N) is 3. The van der Waals surface area contributed by atoms with Crippen LogP contribution >= 0.6 is 11.6 Å². The van der Waals surface area contributed by atoms with Crippen molar-refractivity contribution < 1.29 is 4.79 Å². The topological polar surface area (TPSA) is 114 Å². The molecule has 0 saturated heterocycles. The molecule has 3 N–H and O–H groups in total. The summed E-state index contributed by atoms with van der Waals surface area (Å²) in [4.78, 5) is 39.3. The molecule has 0 fully saturated rings. The third kappa shape index (κ3) is 1.68. The number of hydrogen-bond donors (Lipinski definition) is 3. The van der Waals surface area contributed by atoms with E-state index in [0.29, 0.717) is 33.3 Å². The van der Waals surface area contributed by atoms with E-state index in [-0.39, 0.29) is 11.4 Å². The normalized spacial score (nSPS) is 19.1. The summed E-state index contributed by atoms with van der Waals surface area (Å²) in [7, 11) is 2.93. The van der Waals surface area contributed by atoms with Gasteiger partial charge in [0.15, 0.2) is 5.82 Å². The second-order valence-electron chi connectivity index (χ2n) is 6.99. The fraction of sp³-hybridized carbons (Fsp3) is 0.222. The number of anilines is 3. The van der Waals surface area contributed by atoms with Crippen LogP contribution < -0.4 is 21.9 Å². The number of aromatic amines is 1. The first-order valence-electron chi connectivity index (χ1n) is 8.53. The van der Waals surface area contributed by atoms with Crippen molar-refractivity contribution in [3.05, 3.63) is 66.4 Å². The first kappa shape index (κ1) is 16.8. The third-order valence-electron chi connectivity index (χ3n) is 5.60. The Morgan fingerprint density at radius 3 is 2.57 bits per heavy atom. The maximum Gasteiger partial charge on any atom is 0.332 e. The van der Waals surface area contributed by atoms with E-state index in [1.807, 2.05) is 0 Å². The predicted molar refractivity (Wildman–Crippen MR) is 103 cm³/mol. The summed E-state index contributed by atoms with van der Waals surface area (Å²) in [6, 6.07) is 5.16. The Morgan fingerprint density at radius 1 is 1.07 bits per heavy atom.